The maximum absolute atomic E-state index is 5.45. The van der Waals surface area contributed by atoms with Crippen LogP contribution in [0.4, 0.5) is 0 Å². The number of hydrogen-bond donors (Lipinski definition) is 2. The van der Waals surface area contributed by atoms with E-state index in [1.54, 1.807) is 0 Å². The van der Waals surface area contributed by atoms with Crippen LogP contribution in [0.1, 0.15) is 32.6 Å². The van der Waals surface area contributed by atoms with E-state index in [2.05, 4.69) is 33.2 Å². The highest BCUT2D eigenvalue weighted by Crippen LogP contribution is 2.13. The molecule has 1 unspecified atom stereocenters. The van der Waals surface area contributed by atoms with E-state index in [0.29, 0.717) is 0 Å². The van der Waals surface area contributed by atoms with Gasteiger partial charge in [0.15, 0.2) is 0 Å². The van der Waals surface area contributed by atoms with Gasteiger partial charge in [-0.25, -0.2) is 0 Å². The summed E-state index contributed by atoms with van der Waals surface area (Å²) in [5.74, 6) is 0.813. The minimum Gasteiger partial charge on any atom is -0.330 e. The van der Waals surface area contributed by atoms with Crippen LogP contribution in [-0.4, -0.2) is 13.1 Å². The van der Waals surface area contributed by atoms with Crippen LogP contribution in [0.2, 0.25) is 0 Å². The Kier molecular flexibility index (Phi) is 31.1. The topological polar surface area (TPSA) is 52.0 Å². The monoisotopic (exact) mass is 200 g/mol. The van der Waals surface area contributed by atoms with Gasteiger partial charge >= 0.3 is 0 Å². The Balaban J connectivity index is -0.000000266. The fraction of sp³-hybridized carbons (Fsp3) is 0.667. The van der Waals surface area contributed by atoms with E-state index in [0.717, 1.165) is 31.8 Å². The molecule has 2 nitrogen and oxygen atoms in total. The van der Waals surface area contributed by atoms with Gasteiger partial charge in [0.2, 0.25) is 0 Å². The molecule has 0 heterocycles. The summed E-state index contributed by atoms with van der Waals surface area (Å²) in [6.45, 7) is 15.9. The summed E-state index contributed by atoms with van der Waals surface area (Å²) in [6.07, 6.45) is 4.82. The van der Waals surface area contributed by atoms with Gasteiger partial charge in [0.25, 0.3) is 0 Å². The second-order valence-electron chi connectivity index (χ2n) is 2.78. The molecule has 0 aromatic carbocycles. The van der Waals surface area contributed by atoms with Gasteiger partial charge < -0.3 is 11.5 Å². The molecule has 0 fully saturated rings. The van der Waals surface area contributed by atoms with Crippen LogP contribution in [-0.2, 0) is 0 Å². The van der Waals surface area contributed by atoms with Crippen LogP contribution < -0.4 is 11.5 Å². The SMILES string of the molecule is C=C.C=C.CCC(CCN)CCCN. The molecule has 0 aliphatic carbocycles. The maximum Gasteiger partial charge on any atom is -0.00746 e. The van der Waals surface area contributed by atoms with E-state index >= 15 is 0 Å². The molecule has 0 amide bonds. The Morgan fingerprint density at radius 3 is 1.71 bits per heavy atom. The highest BCUT2D eigenvalue weighted by molar-refractivity contribution is 4.57. The van der Waals surface area contributed by atoms with Gasteiger partial charge in [0.1, 0.15) is 0 Å². The van der Waals surface area contributed by atoms with Crippen molar-refractivity contribution in [2.45, 2.75) is 32.6 Å². The predicted octanol–water partition coefficient (Wildman–Crippen LogP) is 2.70. The molecule has 0 aliphatic rings. The summed E-state index contributed by atoms with van der Waals surface area (Å²) < 4.78 is 0. The van der Waals surface area contributed by atoms with Crippen molar-refractivity contribution in [1.82, 2.24) is 0 Å². The van der Waals surface area contributed by atoms with Gasteiger partial charge in [-0.3, -0.25) is 0 Å². The van der Waals surface area contributed by atoms with Crippen molar-refractivity contribution < 1.29 is 0 Å². The van der Waals surface area contributed by atoms with E-state index in [1.807, 2.05) is 0 Å². The van der Waals surface area contributed by atoms with Gasteiger partial charge in [-0.1, -0.05) is 13.3 Å². The molecule has 86 valence electrons. The fourth-order valence-corrected chi connectivity index (χ4v) is 1.19. The van der Waals surface area contributed by atoms with Crippen LogP contribution in [0, 0.1) is 5.92 Å². The van der Waals surface area contributed by atoms with Crippen molar-refractivity contribution >= 4 is 0 Å². The van der Waals surface area contributed by atoms with Crippen molar-refractivity contribution in [1.29, 1.82) is 0 Å². The minimum absolute atomic E-state index is 0.813. The van der Waals surface area contributed by atoms with E-state index < -0.39 is 0 Å². The molecular formula is C12H28N2. The van der Waals surface area contributed by atoms with Crippen LogP contribution in [0.5, 0.6) is 0 Å². The zero-order valence-electron chi connectivity index (χ0n) is 9.80. The van der Waals surface area contributed by atoms with Gasteiger partial charge in [-0.2, -0.15) is 0 Å². The number of rotatable bonds is 6. The second-order valence-corrected chi connectivity index (χ2v) is 2.78. The molecule has 0 rings (SSSR count). The summed E-state index contributed by atoms with van der Waals surface area (Å²) in [5.41, 5.74) is 10.8. The molecule has 2 heteroatoms. The van der Waals surface area contributed by atoms with E-state index in [1.165, 1.54) is 12.8 Å². The average Bonchev–Trinajstić information content (AvgIpc) is 2.29. The van der Waals surface area contributed by atoms with Gasteiger partial charge in [0, 0.05) is 0 Å². The first-order valence-corrected chi connectivity index (χ1v) is 5.25. The molecule has 0 radical (unpaired) electrons. The lowest BCUT2D eigenvalue weighted by atomic mass is 9.97. The lowest BCUT2D eigenvalue weighted by Crippen LogP contribution is -2.10. The standard InChI is InChI=1S/C8H20N2.2C2H4/c1-2-8(5-7-10)4-3-6-9;2*1-2/h8H,2-7,9-10H2,1H3;2*1-2H2. The number of hydrogen-bond acceptors (Lipinski definition) is 2. The Hall–Kier alpha value is -0.600. The summed E-state index contributed by atoms with van der Waals surface area (Å²) >= 11 is 0. The minimum atomic E-state index is 0.813. The zero-order valence-corrected chi connectivity index (χ0v) is 9.80. The van der Waals surface area contributed by atoms with Crippen molar-refractivity contribution in [3.05, 3.63) is 26.3 Å². The Bertz CT molecular complexity index is 82.4. The first-order chi connectivity index (χ1) is 6.85. The summed E-state index contributed by atoms with van der Waals surface area (Å²) in [4.78, 5) is 0. The highest BCUT2D eigenvalue weighted by Gasteiger charge is 2.02. The largest absolute Gasteiger partial charge is 0.330 e. The predicted molar refractivity (Wildman–Crippen MR) is 68.2 cm³/mol. The van der Waals surface area contributed by atoms with E-state index in [-0.39, 0.29) is 0 Å². The van der Waals surface area contributed by atoms with Gasteiger partial charge in [-0.05, 0) is 38.3 Å². The van der Waals surface area contributed by atoms with Crippen LogP contribution in [0.25, 0.3) is 0 Å². The fourth-order valence-electron chi connectivity index (χ4n) is 1.19. The number of nitrogens with two attached hydrogens (primary N) is 2. The van der Waals surface area contributed by atoms with Crippen LogP contribution in [0.15, 0.2) is 26.3 Å². The Morgan fingerprint density at radius 2 is 1.43 bits per heavy atom. The first-order valence-electron chi connectivity index (χ1n) is 5.25. The lowest BCUT2D eigenvalue weighted by Gasteiger charge is -2.11. The molecule has 0 aromatic heterocycles. The third kappa shape index (κ3) is 17.5. The van der Waals surface area contributed by atoms with E-state index in [9.17, 15) is 0 Å². The molecule has 0 bridgehead atoms. The van der Waals surface area contributed by atoms with Crippen molar-refractivity contribution in [2.75, 3.05) is 13.1 Å². The molecule has 0 saturated heterocycles. The molecule has 0 saturated carbocycles. The van der Waals surface area contributed by atoms with Crippen LogP contribution in [0.3, 0.4) is 0 Å². The first kappa shape index (κ1) is 19.0. The van der Waals surface area contributed by atoms with Crippen LogP contribution >= 0.6 is 0 Å². The summed E-state index contributed by atoms with van der Waals surface area (Å²) in [5, 5.41) is 0. The third-order valence-electron chi connectivity index (χ3n) is 1.97. The van der Waals surface area contributed by atoms with E-state index in [4.69, 9.17) is 11.5 Å². The summed E-state index contributed by atoms with van der Waals surface area (Å²) in [7, 11) is 0. The second kappa shape index (κ2) is 22.8. The van der Waals surface area contributed by atoms with Gasteiger partial charge in [-0.15, -0.1) is 26.3 Å². The molecule has 0 aromatic rings. The molecule has 4 N–H and O–H groups in total. The molecule has 0 spiro atoms. The van der Waals surface area contributed by atoms with Crippen molar-refractivity contribution in [3.8, 4) is 0 Å². The smallest absolute Gasteiger partial charge is 0.00746 e. The van der Waals surface area contributed by atoms with Crippen molar-refractivity contribution in [2.24, 2.45) is 17.4 Å². The average molecular weight is 200 g/mol. The maximum atomic E-state index is 5.45. The molecule has 14 heavy (non-hydrogen) atoms. The molecular weight excluding hydrogens is 172 g/mol. The third-order valence-corrected chi connectivity index (χ3v) is 1.97. The zero-order chi connectivity index (χ0) is 11.8. The highest BCUT2D eigenvalue weighted by atomic mass is 14.5. The summed E-state index contributed by atoms with van der Waals surface area (Å²) in [6, 6.07) is 0. The normalized spacial score (nSPS) is 10.2. The van der Waals surface area contributed by atoms with Gasteiger partial charge in [0.05, 0.1) is 0 Å². The lowest BCUT2D eigenvalue weighted by molar-refractivity contribution is 0.432. The Morgan fingerprint density at radius 1 is 0.929 bits per heavy atom. The Labute approximate surface area is 90.1 Å². The quantitative estimate of drug-likeness (QED) is 0.648. The molecule has 1 atom stereocenters. The molecule has 0 aliphatic heterocycles. The van der Waals surface area contributed by atoms with Crippen molar-refractivity contribution in [3.63, 3.8) is 0 Å².